The van der Waals surface area contributed by atoms with E-state index in [9.17, 15) is 24.3 Å². The Morgan fingerprint density at radius 2 is 1.67 bits per heavy atom. The number of aliphatic hydroxyl groups excluding tert-OH is 1. The standard InChI is InChI=1S/C32H46N4O6/c1-6-22(7-2)30(40)36-16-10-13-27(36)29(39)35-26(18-21-14-15-23-11-8-9-12-24(23)17-21)28(38)33-19-25(37)20-34-31(41)42-32(3,4)5/h8-9,11-12,14-15,17,22,25-27,37H,6-7,10,13,16,18-20H2,1-5H3,(H,33,38)(H,34,41)(H,35,39)/t25?,26-,27?/m1/s1. The first-order valence-corrected chi connectivity index (χ1v) is 14.9. The van der Waals surface area contributed by atoms with Crippen LogP contribution in [0.15, 0.2) is 42.5 Å². The predicted molar refractivity (Wildman–Crippen MR) is 162 cm³/mol. The molecule has 2 aromatic rings. The number of aliphatic hydroxyl groups is 1. The van der Waals surface area contributed by atoms with Gasteiger partial charge < -0.3 is 30.7 Å². The molecule has 0 radical (unpaired) electrons. The van der Waals surface area contributed by atoms with Crippen molar-refractivity contribution in [2.24, 2.45) is 5.92 Å². The van der Waals surface area contributed by atoms with Crippen molar-refractivity contribution in [1.82, 2.24) is 20.9 Å². The van der Waals surface area contributed by atoms with Crippen LogP contribution in [0.3, 0.4) is 0 Å². The maximum atomic E-state index is 13.5. The van der Waals surface area contributed by atoms with Crippen LogP contribution < -0.4 is 16.0 Å². The average molecular weight is 583 g/mol. The van der Waals surface area contributed by atoms with Crippen LogP contribution in [0.5, 0.6) is 0 Å². The summed E-state index contributed by atoms with van der Waals surface area (Å²) in [7, 11) is 0. The van der Waals surface area contributed by atoms with Crippen LogP contribution in [0.25, 0.3) is 10.8 Å². The van der Waals surface area contributed by atoms with Gasteiger partial charge in [0.2, 0.25) is 17.7 Å². The molecule has 2 aromatic carbocycles. The smallest absolute Gasteiger partial charge is 0.407 e. The van der Waals surface area contributed by atoms with Crippen LogP contribution in [-0.4, -0.2) is 77.2 Å². The van der Waals surface area contributed by atoms with E-state index < -0.39 is 35.8 Å². The number of carbonyl (C=O) groups is 4. The van der Waals surface area contributed by atoms with E-state index in [2.05, 4.69) is 16.0 Å². The maximum absolute atomic E-state index is 13.5. The van der Waals surface area contributed by atoms with Crippen LogP contribution in [0.2, 0.25) is 0 Å². The van der Waals surface area contributed by atoms with Crippen molar-refractivity contribution in [1.29, 1.82) is 0 Å². The third-order valence-electron chi connectivity index (χ3n) is 7.45. The first kappa shape index (κ1) is 32.8. The lowest BCUT2D eigenvalue weighted by molar-refractivity contribution is -0.142. The molecule has 0 bridgehead atoms. The van der Waals surface area contributed by atoms with Crippen molar-refractivity contribution in [2.45, 2.75) is 90.5 Å². The quantitative estimate of drug-likeness (QED) is 0.303. The second-order valence-electron chi connectivity index (χ2n) is 11.9. The summed E-state index contributed by atoms with van der Waals surface area (Å²) in [4.78, 5) is 53.6. The van der Waals surface area contributed by atoms with Gasteiger partial charge in [-0.15, -0.1) is 0 Å². The molecule has 2 unspecified atom stereocenters. The van der Waals surface area contributed by atoms with Crippen molar-refractivity contribution in [3.05, 3.63) is 48.0 Å². The molecule has 1 aliphatic heterocycles. The Bertz CT molecular complexity index is 1240. The summed E-state index contributed by atoms with van der Waals surface area (Å²) in [6, 6.07) is 12.2. The number of fused-ring (bicyclic) bond motifs is 1. The van der Waals surface area contributed by atoms with E-state index >= 15 is 0 Å². The van der Waals surface area contributed by atoms with Gasteiger partial charge in [0.1, 0.15) is 17.7 Å². The van der Waals surface area contributed by atoms with Crippen molar-refractivity contribution < 1.29 is 29.0 Å². The number of carbonyl (C=O) groups excluding carboxylic acids is 4. The fourth-order valence-corrected chi connectivity index (χ4v) is 5.18. The number of rotatable bonds is 12. The van der Waals surface area contributed by atoms with Crippen molar-refractivity contribution in [3.8, 4) is 0 Å². The number of hydrogen-bond donors (Lipinski definition) is 4. The molecule has 0 saturated carbocycles. The zero-order valence-electron chi connectivity index (χ0n) is 25.4. The molecule has 10 heteroatoms. The number of likely N-dealkylation sites (tertiary alicyclic amines) is 1. The monoisotopic (exact) mass is 582 g/mol. The number of alkyl carbamates (subject to hydrolysis) is 1. The summed E-state index contributed by atoms with van der Waals surface area (Å²) in [5, 5.41) is 20.5. The minimum atomic E-state index is -1.07. The molecule has 3 atom stereocenters. The van der Waals surface area contributed by atoms with Crippen LogP contribution in [0, 0.1) is 5.92 Å². The number of ether oxygens (including phenoxy) is 1. The van der Waals surface area contributed by atoms with E-state index in [1.165, 1.54) is 0 Å². The number of amides is 4. The normalized spacial score (nSPS) is 16.6. The molecule has 4 N–H and O–H groups in total. The highest BCUT2D eigenvalue weighted by molar-refractivity contribution is 5.93. The molecule has 42 heavy (non-hydrogen) atoms. The lowest BCUT2D eigenvalue weighted by Gasteiger charge is -2.29. The van der Waals surface area contributed by atoms with Gasteiger partial charge in [-0.1, -0.05) is 56.3 Å². The summed E-state index contributed by atoms with van der Waals surface area (Å²) in [5.41, 5.74) is 0.183. The number of nitrogens with zero attached hydrogens (tertiary/aromatic N) is 1. The lowest BCUT2D eigenvalue weighted by atomic mass is 10.00. The molecule has 3 rings (SSSR count). The first-order valence-electron chi connectivity index (χ1n) is 14.9. The van der Waals surface area contributed by atoms with Gasteiger partial charge in [0, 0.05) is 32.0 Å². The Balaban J connectivity index is 1.70. The first-order chi connectivity index (χ1) is 19.9. The number of benzene rings is 2. The molecular weight excluding hydrogens is 536 g/mol. The molecule has 230 valence electrons. The van der Waals surface area contributed by atoms with Gasteiger partial charge in [0.15, 0.2) is 0 Å². The summed E-state index contributed by atoms with van der Waals surface area (Å²) >= 11 is 0. The zero-order chi connectivity index (χ0) is 30.9. The highest BCUT2D eigenvalue weighted by Crippen LogP contribution is 2.23. The van der Waals surface area contributed by atoms with Gasteiger partial charge in [-0.2, -0.15) is 0 Å². The van der Waals surface area contributed by atoms with Crippen molar-refractivity contribution >= 4 is 34.6 Å². The van der Waals surface area contributed by atoms with Gasteiger partial charge in [-0.05, 0) is 62.8 Å². The molecule has 0 spiro atoms. The van der Waals surface area contributed by atoms with E-state index in [0.29, 0.717) is 25.8 Å². The van der Waals surface area contributed by atoms with Crippen molar-refractivity contribution in [3.63, 3.8) is 0 Å². The molecule has 1 heterocycles. The van der Waals surface area contributed by atoms with Crippen LogP contribution in [-0.2, 0) is 25.5 Å². The molecule has 4 amide bonds. The maximum Gasteiger partial charge on any atom is 0.407 e. The Morgan fingerprint density at radius 3 is 2.33 bits per heavy atom. The molecule has 0 aromatic heterocycles. The molecule has 1 saturated heterocycles. The van der Waals surface area contributed by atoms with E-state index in [0.717, 1.165) is 22.8 Å². The van der Waals surface area contributed by atoms with Gasteiger partial charge in [0.25, 0.3) is 0 Å². The third-order valence-corrected chi connectivity index (χ3v) is 7.45. The number of nitrogens with one attached hydrogen (secondary N) is 3. The highest BCUT2D eigenvalue weighted by atomic mass is 16.6. The third kappa shape index (κ3) is 9.44. The minimum absolute atomic E-state index is 0.0196. The topological polar surface area (TPSA) is 137 Å². The largest absolute Gasteiger partial charge is 0.444 e. The minimum Gasteiger partial charge on any atom is -0.444 e. The van der Waals surface area contributed by atoms with Crippen molar-refractivity contribution in [2.75, 3.05) is 19.6 Å². The van der Waals surface area contributed by atoms with Gasteiger partial charge >= 0.3 is 6.09 Å². The van der Waals surface area contributed by atoms with Crippen LogP contribution in [0.4, 0.5) is 4.79 Å². The van der Waals surface area contributed by atoms with E-state index in [1.54, 1.807) is 25.7 Å². The fourth-order valence-electron chi connectivity index (χ4n) is 5.18. The van der Waals surface area contributed by atoms with Gasteiger partial charge in [-0.3, -0.25) is 14.4 Å². The Labute approximate surface area is 248 Å². The van der Waals surface area contributed by atoms with Gasteiger partial charge in [0.05, 0.1) is 6.10 Å². The second kappa shape index (κ2) is 15.0. The summed E-state index contributed by atoms with van der Waals surface area (Å²) in [6.07, 6.45) is 1.16. The second-order valence-corrected chi connectivity index (χ2v) is 11.9. The molecule has 1 aliphatic rings. The van der Waals surface area contributed by atoms with E-state index in [-0.39, 0.29) is 37.2 Å². The van der Waals surface area contributed by atoms with E-state index in [1.807, 2.05) is 56.3 Å². The highest BCUT2D eigenvalue weighted by Gasteiger charge is 2.37. The van der Waals surface area contributed by atoms with Crippen LogP contribution in [0.1, 0.15) is 65.9 Å². The summed E-state index contributed by atoms with van der Waals surface area (Å²) < 4.78 is 5.17. The Kier molecular flexibility index (Phi) is 11.7. The molecule has 0 aliphatic carbocycles. The molecule has 10 nitrogen and oxygen atoms in total. The lowest BCUT2D eigenvalue weighted by Crippen LogP contribution is -2.55. The summed E-state index contributed by atoms with van der Waals surface area (Å²) in [6.45, 7) is 9.41. The summed E-state index contributed by atoms with van der Waals surface area (Å²) in [5.74, 6) is -0.983. The SMILES string of the molecule is CCC(CC)C(=O)N1CCCC1C(=O)N[C@H](Cc1ccc2ccccc2c1)C(=O)NCC(O)CNC(=O)OC(C)(C)C. The van der Waals surface area contributed by atoms with E-state index in [4.69, 9.17) is 4.74 Å². The molecular formula is C32H46N4O6. The van der Waals surface area contributed by atoms with Gasteiger partial charge in [-0.25, -0.2) is 4.79 Å². The number of hydrogen-bond acceptors (Lipinski definition) is 6. The average Bonchev–Trinajstić information content (AvgIpc) is 3.44. The fraction of sp³-hybridized carbons (Fsp3) is 0.562. The zero-order valence-corrected chi connectivity index (χ0v) is 25.4. The Morgan fingerprint density at radius 1 is 1.00 bits per heavy atom. The molecule has 1 fully saturated rings. The van der Waals surface area contributed by atoms with Crippen LogP contribution >= 0.6 is 0 Å². The Hall–Kier alpha value is -3.66. The predicted octanol–water partition coefficient (Wildman–Crippen LogP) is 3.30.